The Balaban J connectivity index is 1.12. The van der Waals surface area contributed by atoms with Gasteiger partial charge in [0.05, 0.1) is 23.7 Å². The SMILES string of the molecule is CO/N=C(\C(=O)NC1C(=O)N2C(C(=O)OCc3ccc(OC)cc3)=C(CCl)CS(=O)[C@@H]12)c1csc(NC(c2ccccc2)(c2ccccc2)c2ccccc2)n1. The summed E-state index contributed by atoms with van der Waals surface area (Å²) in [5.41, 5.74) is 2.90. The van der Waals surface area contributed by atoms with Crippen LogP contribution in [-0.2, 0) is 46.9 Å². The second-order valence-electron chi connectivity index (χ2n) is 12.7. The van der Waals surface area contributed by atoms with Crippen molar-refractivity contribution >= 4 is 62.4 Å². The van der Waals surface area contributed by atoms with Crippen molar-refractivity contribution in [1.82, 2.24) is 15.2 Å². The van der Waals surface area contributed by atoms with Gasteiger partial charge >= 0.3 is 5.97 Å². The molecule has 0 bridgehead atoms. The minimum absolute atomic E-state index is 0.0756. The molecule has 12 nitrogen and oxygen atoms in total. The van der Waals surface area contributed by atoms with Crippen molar-refractivity contribution in [3.63, 3.8) is 0 Å². The zero-order valence-electron chi connectivity index (χ0n) is 30.2. The van der Waals surface area contributed by atoms with Crippen molar-refractivity contribution in [2.24, 2.45) is 5.16 Å². The topological polar surface area (TPSA) is 149 Å². The summed E-state index contributed by atoms with van der Waals surface area (Å²) in [6, 6.07) is 35.7. The maximum atomic E-state index is 13.9. The van der Waals surface area contributed by atoms with Gasteiger partial charge in [-0.2, -0.15) is 0 Å². The molecule has 1 fully saturated rings. The fraction of sp³-hybridized carbons (Fsp3) is 0.195. The molecule has 0 spiro atoms. The van der Waals surface area contributed by atoms with E-state index in [9.17, 15) is 18.6 Å². The van der Waals surface area contributed by atoms with Crippen LogP contribution >= 0.6 is 22.9 Å². The summed E-state index contributed by atoms with van der Waals surface area (Å²) in [4.78, 5) is 51.9. The van der Waals surface area contributed by atoms with Crippen molar-refractivity contribution in [2.75, 3.05) is 31.2 Å². The Morgan fingerprint density at radius 2 is 1.52 bits per heavy atom. The molecule has 2 unspecified atom stereocenters. The molecule has 5 aromatic rings. The predicted octanol–water partition coefficient (Wildman–Crippen LogP) is 5.56. The fourth-order valence-electron chi connectivity index (χ4n) is 6.77. The van der Waals surface area contributed by atoms with E-state index < -0.39 is 45.5 Å². The molecule has 1 aromatic heterocycles. The largest absolute Gasteiger partial charge is 0.497 e. The number of nitrogens with zero attached hydrogens (tertiary/aromatic N) is 3. The maximum Gasteiger partial charge on any atom is 0.355 e. The number of alkyl halides is 1. The lowest BCUT2D eigenvalue weighted by atomic mass is 9.77. The van der Waals surface area contributed by atoms with Crippen LogP contribution in [0.25, 0.3) is 0 Å². The van der Waals surface area contributed by atoms with Crippen molar-refractivity contribution in [3.05, 3.63) is 160 Å². The van der Waals surface area contributed by atoms with Gasteiger partial charge in [0, 0.05) is 11.3 Å². The summed E-state index contributed by atoms with van der Waals surface area (Å²) in [6.45, 7) is -0.0810. The van der Waals surface area contributed by atoms with E-state index in [1.807, 2.05) is 91.0 Å². The van der Waals surface area contributed by atoms with E-state index in [1.165, 1.54) is 18.4 Å². The van der Waals surface area contributed by atoms with Gasteiger partial charge < -0.3 is 24.9 Å². The highest BCUT2D eigenvalue weighted by Crippen LogP contribution is 2.41. The van der Waals surface area contributed by atoms with Gasteiger partial charge in [0.25, 0.3) is 11.8 Å². The monoisotopic (exact) mass is 809 g/mol. The highest BCUT2D eigenvalue weighted by molar-refractivity contribution is 7.86. The van der Waals surface area contributed by atoms with Crippen molar-refractivity contribution < 1.29 is 32.9 Å². The molecule has 3 heterocycles. The van der Waals surface area contributed by atoms with Crippen LogP contribution in [0.5, 0.6) is 5.75 Å². The minimum Gasteiger partial charge on any atom is -0.497 e. The first-order valence-electron chi connectivity index (χ1n) is 17.4. The summed E-state index contributed by atoms with van der Waals surface area (Å²) >= 11 is 7.43. The predicted molar refractivity (Wildman–Crippen MR) is 215 cm³/mol. The molecule has 1 saturated heterocycles. The van der Waals surface area contributed by atoms with Crippen LogP contribution in [0.1, 0.15) is 27.9 Å². The number of nitrogens with one attached hydrogen (secondary N) is 2. The number of hydrogen-bond donors (Lipinski definition) is 2. The van der Waals surface area contributed by atoms with Crippen LogP contribution in [0.4, 0.5) is 5.13 Å². The summed E-state index contributed by atoms with van der Waals surface area (Å²) < 4.78 is 24.2. The molecular weight excluding hydrogens is 774 g/mol. The molecule has 15 heteroatoms. The third-order valence-electron chi connectivity index (χ3n) is 9.43. The van der Waals surface area contributed by atoms with Gasteiger partial charge in [0.1, 0.15) is 47.8 Å². The van der Waals surface area contributed by atoms with Gasteiger partial charge in [-0.25, -0.2) is 9.78 Å². The van der Waals surface area contributed by atoms with Gasteiger partial charge in [-0.3, -0.25) is 18.7 Å². The summed E-state index contributed by atoms with van der Waals surface area (Å²) in [5.74, 6) is -1.80. The van der Waals surface area contributed by atoms with E-state index in [4.69, 9.17) is 30.9 Å². The smallest absolute Gasteiger partial charge is 0.355 e. The van der Waals surface area contributed by atoms with Gasteiger partial charge in [-0.15, -0.1) is 22.9 Å². The molecule has 2 amide bonds. The Morgan fingerprint density at radius 3 is 2.05 bits per heavy atom. The Bertz CT molecular complexity index is 2210. The van der Waals surface area contributed by atoms with Crippen molar-refractivity contribution in [3.8, 4) is 5.75 Å². The molecule has 286 valence electrons. The molecule has 3 atom stereocenters. The fourth-order valence-corrected chi connectivity index (χ4v) is 9.54. The number of fused-ring (bicyclic) bond motifs is 1. The lowest BCUT2D eigenvalue weighted by Crippen LogP contribution is -2.74. The van der Waals surface area contributed by atoms with Crippen LogP contribution in [-0.4, -0.2) is 74.9 Å². The Labute approximate surface area is 334 Å². The average Bonchev–Trinajstić information content (AvgIpc) is 3.71. The van der Waals surface area contributed by atoms with Crippen LogP contribution in [0.3, 0.4) is 0 Å². The molecule has 2 N–H and O–H groups in total. The van der Waals surface area contributed by atoms with E-state index >= 15 is 0 Å². The molecule has 7 rings (SSSR count). The number of esters is 1. The third kappa shape index (κ3) is 7.42. The number of aromatic nitrogens is 1. The number of methoxy groups -OCH3 is 1. The van der Waals surface area contributed by atoms with E-state index in [1.54, 1.807) is 36.8 Å². The van der Waals surface area contributed by atoms with E-state index in [0.717, 1.165) is 21.6 Å². The highest BCUT2D eigenvalue weighted by atomic mass is 35.5. The lowest BCUT2D eigenvalue weighted by Gasteiger charge is -2.49. The second-order valence-corrected chi connectivity index (χ2v) is 15.4. The number of oxime groups is 1. The van der Waals surface area contributed by atoms with Crippen LogP contribution in [0, 0.1) is 0 Å². The molecule has 0 saturated carbocycles. The number of hydrogen-bond acceptors (Lipinski definition) is 11. The number of benzene rings is 4. The molecule has 4 aromatic carbocycles. The Hall–Kier alpha value is -5.83. The van der Waals surface area contributed by atoms with Gasteiger partial charge in [0.15, 0.2) is 10.8 Å². The highest BCUT2D eigenvalue weighted by Gasteiger charge is 2.57. The number of halogens is 1. The summed E-state index contributed by atoms with van der Waals surface area (Å²) in [6.07, 6.45) is 0. The van der Waals surface area contributed by atoms with E-state index in [2.05, 4.69) is 15.8 Å². The zero-order valence-corrected chi connectivity index (χ0v) is 32.6. The van der Waals surface area contributed by atoms with E-state index in [0.29, 0.717) is 22.0 Å². The quantitative estimate of drug-likeness (QED) is 0.0368. The first kappa shape index (κ1) is 38.4. The molecule has 0 aliphatic carbocycles. The molecular formula is C41H36ClN5O7S2. The first-order chi connectivity index (χ1) is 27.3. The zero-order chi connectivity index (χ0) is 39.2. The van der Waals surface area contributed by atoms with Gasteiger partial charge in [-0.05, 0) is 40.0 Å². The molecule has 2 aliphatic heterocycles. The van der Waals surface area contributed by atoms with Crippen molar-refractivity contribution in [2.45, 2.75) is 23.6 Å². The third-order valence-corrected chi connectivity index (χ3v) is 12.2. The van der Waals surface area contributed by atoms with E-state index in [-0.39, 0.29) is 35.3 Å². The summed E-state index contributed by atoms with van der Waals surface area (Å²) in [5, 5.41) is 11.4. The number of anilines is 1. The van der Waals surface area contributed by atoms with Gasteiger partial charge in [-0.1, -0.05) is 108 Å². The van der Waals surface area contributed by atoms with Crippen LogP contribution < -0.4 is 15.4 Å². The lowest BCUT2D eigenvalue weighted by molar-refractivity contribution is -0.153. The summed E-state index contributed by atoms with van der Waals surface area (Å²) in [7, 11) is 1.14. The maximum absolute atomic E-state index is 13.9. The van der Waals surface area contributed by atoms with Gasteiger partial charge in [0.2, 0.25) is 0 Å². The molecule has 0 radical (unpaired) electrons. The Kier molecular flexibility index (Phi) is 11.6. The molecule has 56 heavy (non-hydrogen) atoms. The normalized spacial score (nSPS) is 18.1. The number of ether oxygens (including phenoxy) is 2. The average molecular weight is 810 g/mol. The number of rotatable bonds is 14. The van der Waals surface area contributed by atoms with Crippen LogP contribution in [0.15, 0.2) is 137 Å². The number of carbonyl (C=O) groups is 3. The number of β-lactam (4-membered cyclic amide) rings is 1. The molecule has 2 aliphatic rings. The number of amides is 2. The minimum atomic E-state index is -1.70. The van der Waals surface area contributed by atoms with Crippen LogP contribution in [0.2, 0.25) is 0 Å². The Morgan fingerprint density at radius 1 is 0.929 bits per heavy atom. The second kappa shape index (κ2) is 16.9. The van der Waals surface area contributed by atoms with Crippen molar-refractivity contribution in [1.29, 1.82) is 0 Å². The number of carbonyl (C=O) groups excluding carboxylic acids is 3. The first-order valence-corrected chi connectivity index (χ1v) is 20.2. The number of thiazole rings is 1. The standard InChI is InChI=1S/C41H36ClN5O7S2/c1-52-31-20-18-26(19-21-31)23-54-39(50)35-27(22-42)25-56(51)38-34(37(49)47(35)38)44-36(48)33(46-53-2)32-24-55-40(43-32)45-41(28-12-6-3-7-13-28,29-14-8-4-9-15-29)30-16-10-5-11-17-30/h3-21,24,34,38H,22-23,25H2,1-2H3,(H,43,45)(H,44,48)/b46-33-/t34?,38-,56?/m0/s1.